The van der Waals surface area contributed by atoms with Gasteiger partial charge < -0.3 is 10.3 Å². The summed E-state index contributed by atoms with van der Waals surface area (Å²) in [5, 5.41) is 3.73. The number of aryl methyl sites for hydroxylation is 1. The van der Waals surface area contributed by atoms with Crippen LogP contribution in [0.15, 0.2) is 4.52 Å². The molecule has 0 aromatic carbocycles. The summed E-state index contributed by atoms with van der Waals surface area (Å²) in [6.07, 6.45) is 1.87. The van der Waals surface area contributed by atoms with Crippen molar-refractivity contribution in [2.24, 2.45) is 11.7 Å². The van der Waals surface area contributed by atoms with Crippen LogP contribution in [0.1, 0.15) is 24.6 Å². The number of rotatable bonds is 3. The molecule has 1 atom stereocenters. The van der Waals surface area contributed by atoms with Gasteiger partial charge in [-0.2, -0.15) is 4.98 Å². The Hall–Kier alpha value is -1.43. The quantitative estimate of drug-likeness (QED) is 0.785. The molecule has 6 heteroatoms. The van der Waals surface area contributed by atoms with Crippen LogP contribution in [0, 0.1) is 12.8 Å². The van der Waals surface area contributed by atoms with Crippen molar-refractivity contribution in [3.8, 4) is 0 Å². The zero-order valence-corrected chi connectivity index (χ0v) is 9.35. The number of hydrogen-bond acceptors (Lipinski definition) is 5. The number of hydrogen-bond donors (Lipinski definition) is 1. The van der Waals surface area contributed by atoms with Gasteiger partial charge in [0.2, 0.25) is 11.8 Å². The highest BCUT2D eigenvalue weighted by Gasteiger charge is 2.24. The lowest BCUT2D eigenvalue weighted by Gasteiger charge is -2.29. The van der Waals surface area contributed by atoms with Crippen LogP contribution in [-0.4, -0.2) is 34.0 Å². The third kappa shape index (κ3) is 2.57. The monoisotopic (exact) mass is 224 g/mol. The Bertz CT molecular complexity index is 377. The van der Waals surface area contributed by atoms with Crippen LogP contribution in [0.4, 0.5) is 0 Å². The Morgan fingerprint density at radius 3 is 3.12 bits per heavy atom. The van der Waals surface area contributed by atoms with Crippen molar-refractivity contribution >= 4 is 5.91 Å². The normalized spacial score (nSPS) is 22.2. The number of amides is 1. The van der Waals surface area contributed by atoms with E-state index in [1.54, 1.807) is 6.92 Å². The van der Waals surface area contributed by atoms with E-state index in [-0.39, 0.29) is 11.8 Å². The first-order chi connectivity index (χ1) is 7.65. The Kier molecular flexibility index (Phi) is 3.19. The van der Waals surface area contributed by atoms with Crippen molar-refractivity contribution in [1.82, 2.24) is 15.0 Å². The Balaban J connectivity index is 1.92. The van der Waals surface area contributed by atoms with Gasteiger partial charge in [-0.05, 0) is 26.3 Å². The number of nitrogens with two attached hydrogens (primary N) is 1. The number of likely N-dealkylation sites (tertiary alicyclic amines) is 1. The van der Waals surface area contributed by atoms with Crippen LogP contribution >= 0.6 is 0 Å². The van der Waals surface area contributed by atoms with Crippen LogP contribution in [0.3, 0.4) is 0 Å². The van der Waals surface area contributed by atoms with E-state index >= 15 is 0 Å². The van der Waals surface area contributed by atoms with Crippen molar-refractivity contribution in [3.63, 3.8) is 0 Å². The second-order valence-corrected chi connectivity index (χ2v) is 4.21. The molecular weight excluding hydrogens is 208 g/mol. The summed E-state index contributed by atoms with van der Waals surface area (Å²) in [4.78, 5) is 17.4. The van der Waals surface area contributed by atoms with Gasteiger partial charge >= 0.3 is 0 Å². The van der Waals surface area contributed by atoms with Crippen LogP contribution in [0.5, 0.6) is 0 Å². The van der Waals surface area contributed by atoms with Gasteiger partial charge in [-0.1, -0.05) is 5.16 Å². The minimum Gasteiger partial charge on any atom is -0.369 e. The molecule has 16 heavy (non-hydrogen) atoms. The summed E-state index contributed by atoms with van der Waals surface area (Å²) in [6.45, 7) is 4.03. The van der Waals surface area contributed by atoms with E-state index < -0.39 is 0 Å². The molecular formula is C10H16N4O2. The van der Waals surface area contributed by atoms with Crippen LogP contribution in [0.2, 0.25) is 0 Å². The van der Waals surface area contributed by atoms with E-state index in [9.17, 15) is 4.79 Å². The van der Waals surface area contributed by atoms with Crippen LogP contribution in [-0.2, 0) is 11.3 Å². The summed E-state index contributed by atoms with van der Waals surface area (Å²) in [5.41, 5.74) is 5.31. The Morgan fingerprint density at radius 1 is 1.69 bits per heavy atom. The average molecular weight is 224 g/mol. The fourth-order valence-corrected chi connectivity index (χ4v) is 2.03. The molecule has 1 aliphatic heterocycles. The molecule has 1 unspecified atom stereocenters. The molecule has 0 spiro atoms. The van der Waals surface area contributed by atoms with E-state index in [0.29, 0.717) is 24.8 Å². The molecule has 0 radical (unpaired) electrons. The fourth-order valence-electron chi connectivity index (χ4n) is 2.03. The third-order valence-electron chi connectivity index (χ3n) is 2.84. The molecule has 0 bridgehead atoms. The lowest BCUT2D eigenvalue weighted by atomic mass is 9.97. The third-order valence-corrected chi connectivity index (χ3v) is 2.84. The van der Waals surface area contributed by atoms with E-state index in [1.165, 1.54) is 0 Å². The minimum absolute atomic E-state index is 0.0437. The molecule has 0 saturated carbocycles. The summed E-state index contributed by atoms with van der Waals surface area (Å²) >= 11 is 0. The maximum atomic E-state index is 11.1. The lowest BCUT2D eigenvalue weighted by molar-refractivity contribution is -0.123. The SMILES string of the molecule is Cc1noc(CN2CCCC(C(N)=O)C2)n1. The molecule has 0 aliphatic carbocycles. The summed E-state index contributed by atoms with van der Waals surface area (Å²) < 4.78 is 5.04. The molecule has 1 amide bonds. The first-order valence-corrected chi connectivity index (χ1v) is 5.46. The number of nitrogens with zero attached hydrogens (tertiary/aromatic N) is 3. The summed E-state index contributed by atoms with van der Waals surface area (Å²) in [6, 6.07) is 0. The molecule has 2 heterocycles. The molecule has 2 N–H and O–H groups in total. The molecule has 1 aromatic rings. The van der Waals surface area contributed by atoms with Crippen molar-refractivity contribution in [2.45, 2.75) is 26.3 Å². The van der Waals surface area contributed by atoms with Gasteiger partial charge in [0.25, 0.3) is 0 Å². The number of carbonyl (C=O) groups excluding carboxylic acids is 1. The van der Waals surface area contributed by atoms with E-state index in [0.717, 1.165) is 19.4 Å². The van der Waals surface area contributed by atoms with Gasteiger partial charge in [-0.25, -0.2) is 0 Å². The van der Waals surface area contributed by atoms with Crippen molar-refractivity contribution in [1.29, 1.82) is 0 Å². The predicted molar refractivity (Wildman–Crippen MR) is 56.2 cm³/mol. The average Bonchev–Trinajstić information content (AvgIpc) is 2.64. The van der Waals surface area contributed by atoms with Gasteiger partial charge in [-0.15, -0.1) is 0 Å². The predicted octanol–water partition coefficient (Wildman–Crippen LogP) is 0.0753. The molecule has 1 fully saturated rings. The molecule has 1 aliphatic rings. The van der Waals surface area contributed by atoms with Gasteiger partial charge in [0.15, 0.2) is 5.82 Å². The van der Waals surface area contributed by atoms with Gasteiger partial charge in [0.05, 0.1) is 12.5 Å². The summed E-state index contributed by atoms with van der Waals surface area (Å²) in [7, 11) is 0. The Labute approximate surface area is 93.8 Å². The molecule has 88 valence electrons. The maximum absolute atomic E-state index is 11.1. The van der Waals surface area contributed by atoms with E-state index in [2.05, 4.69) is 15.0 Å². The zero-order valence-electron chi connectivity index (χ0n) is 9.35. The van der Waals surface area contributed by atoms with Crippen molar-refractivity contribution in [3.05, 3.63) is 11.7 Å². The molecule has 2 rings (SSSR count). The van der Waals surface area contributed by atoms with E-state index in [4.69, 9.17) is 10.3 Å². The number of carbonyl (C=O) groups is 1. The number of piperidine rings is 1. The van der Waals surface area contributed by atoms with Gasteiger partial charge in [0, 0.05) is 6.54 Å². The zero-order chi connectivity index (χ0) is 11.5. The first kappa shape index (κ1) is 11.1. The molecule has 1 aromatic heterocycles. The highest BCUT2D eigenvalue weighted by Crippen LogP contribution is 2.17. The topological polar surface area (TPSA) is 85.3 Å². The standard InChI is InChI=1S/C10H16N4O2/c1-7-12-9(16-13-7)6-14-4-2-3-8(5-14)10(11)15/h8H,2-6H2,1H3,(H2,11,15). The second-order valence-electron chi connectivity index (χ2n) is 4.21. The number of aromatic nitrogens is 2. The largest absolute Gasteiger partial charge is 0.369 e. The lowest BCUT2D eigenvalue weighted by Crippen LogP contribution is -2.40. The Morgan fingerprint density at radius 2 is 2.50 bits per heavy atom. The van der Waals surface area contributed by atoms with Crippen LogP contribution < -0.4 is 5.73 Å². The van der Waals surface area contributed by atoms with Gasteiger partial charge in [-0.3, -0.25) is 9.69 Å². The number of primary amides is 1. The fraction of sp³-hybridized carbons (Fsp3) is 0.700. The minimum atomic E-state index is -0.216. The smallest absolute Gasteiger partial charge is 0.240 e. The second kappa shape index (κ2) is 4.61. The first-order valence-electron chi connectivity index (χ1n) is 5.46. The van der Waals surface area contributed by atoms with Crippen molar-refractivity contribution in [2.75, 3.05) is 13.1 Å². The highest BCUT2D eigenvalue weighted by molar-refractivity contribution is 5.76. The van der Waals surface area contributed by atoms with Gasteiger partial charge in [0.1, 0.15) is 0 Å². The van der Waals surface area contributed by atoms with Crippen molar-refractivity contribution < 1.29 is 9.32 Å². The highest BCUT2D eigenvalue weighted by atomic mass is 16.5. The molecule has 6 nitrogen and oxygen atoms in total. The maximum Gasteiger partial charge on any atom is 0.240 e. The van der Waals surface area contributed by atoms with Crippen LogP contribution in [0.25, 0.3) is 0 Å². The molecule has 1 saturated heterocycles. The van der Waals surface area contributed by atoms with E-state index in [1.807, 2.05) is 0 Å². The summed E-state index contributed by atoms with van der Waals surface area (Å²) in [5.74, 6) is 0.977.